The first-order valence-corrected chi connectivity index (χ1v) is 7.32. The number of hydrogen-bond acceptors (Lipinski definition) is 3. The summed E-state index contributed by atoms with van der Waals surface area (Å²) in [5.74, 6) is 0.240. The maximum absolute atomic E-state index is 10.2. The van der Waals surface area contributed by atoms with Crippen LogP contribution in [0.1, 0.15) is 22.4 Å². The maximum Gasteiger partial charge on any atom is 0.144 e. The highest BCUT2D eigenvalue weighted by Gasteiger charge is 2.08. The summed E-state index contributed by atoms with van der Waals surface area (Å²) in [6, 6.07) is 9.51. The highest BCUT2D eigenvalue weighted by molar-refractivity contribution is 6.29. The SMILES string of the molecule is Cc1cc(C)c2ccc(/C=C/c3ccc(Cl)nc3)nc2c1O. The standard InChI is InChI=1S/C18H15ClN2O/c1-11-9-12(2)18(22)17-15(11)7-6-14(21-17)5-3-13-4-8-16(19)20-10-13/h3-10,22H,1-2H3/b5-3+. The van der Waals surface area contributed by atoms with Gasteiger partial charge >= 0.3 is 0 Å². The van der Waals surface area contributed by atoms with E-state index in [2.05, 4.69) is 9.97 Å². The molecule has 2 heterocycles. The Morgan fingerprint density at radius 3 is 2.59 bits per heavy atom. The predicted octanol–water partition coefficient (Wildman–Crippen LogP) is 4.78. The molecule has 22 heavy (non-hydrogen) atoms. The first kappa shape index (κ1) is 14.5. The molecule has 0 saturated heterocycles. The monoisotopic (exact) mass is 310 g/mol. The van der Waals surface area contributed by atoms with Gasteiger partial charge in [0.05, 0.1) is 5.69 Å². The zero-order chi connectivity index (χ0) is 15.7. The smallest absolute Gasteiger partial charge is 0.144 e. The van der Waals surface area contributed by atoms with Crippen molar-refractivity contribution in [2.75, 3.05) is 0 Å². The molecule has 2 aromatic heterocycles. The molecular weight excluding hydrogens is 296 g/mol. The van der Waals surface area contributed by atoms with Crippen molar-refractivity contribution in [2.45, 2.75) is 13.8 Å². The Balaban J connectivity index is 2.01. The number of aryl methyl sites for hydroxylation is 2. The molecular formula is C18H15ClN2O. The van der Waals surface area contributed by atoms with E-state index in [-0.39, 0.29) is 5.75 Å². The zero-order valence-corrected chi connectivity index (χ0v) is 13.1. The normalized spacial score (nSPS) is 11.4. The average molecular weight is 311 g/mol. The van der Waals surface area contributed by atoms with Gasteiger partial charge in [0.25, 0.3) is 0 Å². The number of hydrogen-bond donors (Lipinski definition) is 1. The second-order valence-electron chi connectivity index (χ2n) is 5.24. The van der Waals surface area contributed by atoms with E-state index in [9.17, 15) is 5.11 Å². The molecule has 1 aromatic carbocycles. The van der Waals surface area contributed by atoms with Gasteiger partial charge in [0.2, 0.25) is 0 Å². The van der Waals surface area contributed by atoms with E-state index in [4.69, 9.17) is 11.6 Å². The van der Waals surface area contributed by atoms with Gasteiger partial charge in [-0.15, -0.1) is 0 Å². The number of nitrogens with zero attached hydrogens (tertiary/aromatic N) is 2. The van der Waals surface area contributed by atoms with Gasteiger partial charge < -0.3 is 5.11 Å². The van der Waals surface area contributed by atoms with Crippen LogP contribution in [-0.2, 0) is 0 Å². The minimum absolute atomic E-state index is 0.240. The summed E-state index contributed by atoms with van der Waals surface area (Å²) in [6.45, 7) is 3.90. The first-order chi connectivity index (χ1) is 10.5. The van der Waals surface area contributed by atoms with Crippen LogP contribution in [0.4, 0.5) is 0 Å². The van der Waals surface area contributed by atoms with Gasteiger partial charge in [-0.05, 0) is 48.7 Å². The lowest BCUT2D eigenvalue weighted by Crippen LogP contribution is -1.89. The Hall–Kier alpha value is -2.39. The molecule has 0 spiro atoms. The Kier molecular flexibility index (Phi) is 3.82. The van der Waals surface area contributed by atoms with E-state index < -0.39 is 0 Å². The lowest BCUT2D eigenvalue weighted by atomic mass is 10.0. The molecule has 0 bridgehead atoms. The second kappa shape index (κ2) is 5.78. The van der Waals surface area contributed by atoms with Gasteiger partial charge in [0.15, 0.2) is 0 Å². The fourth-order valence-electron chi connectivity index (χ4n) is 2.39. The fourth-order valence-corrected chi connectivity index (χ4v) is 2.50. The summed E-state index contributed by atoms with van der Waals surface area (Å²) in [5, 5.41) is 11.6. The minimum atomic E-state index is 0.240. The molecule has 0 aliphatic rings. The van der Waals surface area contributed by atoms with Crippen molar-refractivity contribution in [2.24, 2.45) is 0 Å². The van der Waals surface area contributed by atoms with E-state index >= 15 is 0 Å². The molecule has 3 rings (SSSR count). The van der Waals surface area contributed by atoms with E-state index in [1.165, 1.54) is 0 Å². The lowest BCUT2D eigenvalue weighted by molar-refractivity contribution is 0.476. The average Bonchev–Trinajstić information content (AvgIpc) is 2.52. The van der Waals surface area contributed by atoms with Gasteiger partial charge in [-0.25, -0.2) is 9.97 Å². The molecule has 0 aliphatic heterocycles. The highest BCUT2D eigenvalue weighted by Crippen LogP contribution is 2.29. The van der Waals surface area contributed by atoms with Crippen molar-refractivity contribution < 1.29 is 5.11 Å². The molecule has 1 N–H and O–H groups in total. The van der Waals surface area contributed by atoms with Gasteiger partial charge in [0, 0.05) is 11.6 Å². The van der Waals surface area contributed by atoms with Crippen LogP contribution in [0.3, 0.4) is 0 Å². The lowest BCUT2D eigenvalue weighted by Gasteiger charge is -2.07. The first-order valence-electron chi connectivity index (χ1n) is 6.94. The second-order valence-corrected chi connectivity index (χ2v) is 5.63. The van der Waals surface area contributed by atoms with Crippen LogP contribution in [-0.4, -0.2) is 15.1 Å². The predicted molar refractivity (Wildman–Crippen MR) is 91.1 cm³/mol. The number of benzene rings is 1. The van der Waals surface area contributed by atoms with E-state index in [0.29, 0.717) is 10.7 Å². The molecule has 0 unspecified atom stereocenters. The number of aromatic hydroxyl groups is 1. The molecule has 3 aromatic rings. The van der Waals surface area contributed by atoms with Gasteiger partial charge in [-0.3, -0.25) is 0 Å². The largest absolute Gasteiger partial charge is 0.505 e. The summed E-state index contributed by atoms with van der Waals surface area (Å²) >= 11 is 5.77. The third-order valence-electron chi connectivity index (χ3n) is 3.57. The van der Waals surface area contributed by atoms with E-state index in [1.807, 2.05) is 50.3 Å². The van der Waals surface area contributed by atoms with Crippen LogP contribution in [0, 0.1) is 13.8 Å². The molecule has 0 aliphatic carbocycles. The number of halogens is 1. The van der Waals surface area contributed by atoms with Crippen LogP contribution >= 0.6 is 11.6 Å². The number of phenolic OH excluding ortho intramolecular Hbond substituents is 1. The van der Waals surface area contributed by atoms with Crippen LogP contribution < -0.4 is 0 Å². The van der Waals surface area contributed by atoms with E-state index in [1.54, 1.807) is 12.3 Å². The molecule has 0 saturated carbocycles. The molecule has 0 radical (unpaired) electrons. The molecule has 4 heteroatoms. The number of pyridine rings is 2. The third kappa shape index (κ3) is 2.81. The Labute approximate surface area is 133 Å². The van der Waals surface area contributed by atoms with E-state index in [0.717, 1.165) is 27.8 Å². The summed E-state index contributed by atoms with van der Waals surface area (Å²) in [7, 11) is 0. The van der Waals surface area contributed by atoms with Crippen molar-refractivity contribution in [3.05, 3.63) is 64.1 Å². The summed E-state index contributed by atoms with van der Waals surface area (Å²) < 4.78 is 0. The molecule has 0 amide bonds. The van der Waals surface area contributed by atoms with Crippen molar-refractivity contribution in [1.29, 1.82) is 0 Å². The highest BCUT2D eigenvalue weighted by atomic mass is 35.5. The molecule has 0 atom stereocenters. The van der Waals surface area contributed by atoms with Crippen molar-refractivity contribution in [1.82, 2.24) is 9.97 Å². The molecule has 110 valence electrons. The zero-order valence-electron chi connectivity index (χ0n) is 12.3. The van der Waals surface area contributed by atoms with Crippen LogP contribution in [0.2, 0.25) is 5.15 Å². The third-order valence-corrected chi connectivity index (χ3v) is 3.79. The maximum atomic E-state index is 10.2. The number of fused-ring (bicyclic) bond motifs is 1. The Morgan fingerprint density at radius 2 is 1.86 bits per heavy atom. The van der Waals surface area contributed by atoms with Crippen LogP contribution in [0.5, 0.6) is 5.75 Å². The number of rotatable bonds is 2. The summed E-state index contributed by atoms with van der Waals surface area (Å²) in [6.07, 6.45) is 5.50. The quantitative estimate of drug-likeness (QED) is 0.693. The van der Waals surface area contributed by atoms with Gasteiger partial charge in [-0.1, -0.05) is 35.9 Å². The van der Waals surface area contributed by atoms with Crippen LogP contribution in [0.15, 0.2) is 36.5 Å². The van der Waals surface area contributed by atoms with Crippen molar-refractivity contribution in [3.63, 3.8) is 0 Å². The van der Waals surface area contributed by atoms with Crippen LogP contribution in [0.25, 0.3) is 23.1 Å². The molecule has 0 fully saturated rings. The van der Waals surface area contributed by atoms with Gasteiger partial charge in [0.1, 0.15) is 16.4 Å². The Bertz CT molecular complexity index is 870. The van der Waals surface area contributed by atoms with Crippen molar-refractivity contribution in [3.8, 4) is 5.75 Å². The van der Waals surface area contributed by atoms with Gasteiger partial charge in [-0.2, -0.15) is 0 Å². The summed E-state index contributed by atoms with van der Waals surface area (Å²) in [5.41, 5.74) is 4.29. The van der Waals surface area contributed by atoms with Crippen molar-refractivity contribution >= 4 is 34.7 Å². The molecule has 3 nitrogen and oxygen atoms in total. The number of aromatic nitrogens is 2. The minimum Gasteiger partial charge on any atom is -0.505 e. The topological polar surface area (TPSA) is 46.0 Å². The summed E-state index contributed by atoms with van der Waals surface area (Å²) in [4.78, 5) is 8.58. The Morgan fingerprint density at radius 1 is 1.05 bits per heavy atom. The fraction of sp³-hybridized carbons (Fsp3) is 0.111. The number of phenols is 1.